The summed E-state index contributed by atoms with van der Waals surface area (Å²) in [5, 5.41) is 12.3. The molecule has 118 valence electrons. The van der Waals surface area contributed by atoms with E-state index in [1.807, 2.05) is 30.3 Å². The van der Waals surface area contributed by atoms with E-state index in [2.05, 4.69) is 9.97 Å². The number of rotatable bonds is 2. The molecule has 0 aliphatic carbocycles. The minimum Gasteiger partial charge on any atom is -0.507 e. The molecule has 3 aromatic carbocycles. The van der Waals surface area contributed by atoms with Crippen molar-refractivity contribution in [3.63, 3.8) is 0 Å². The van der Waals surface area contributed by atoms with E-state index in [0.717, 1.165) is 10.8 Å². The van der Waals surface area contributed by atoms with E-state index >= 15 is 0 Å². The van der Waals surface area contributed by atoms with E-state index in [9.17, 15) is 9.90 Å². The normalized spacial score (nSPS) is 11.0. The summed E-state index contributed by atoms with van der Waals surface area (Å²) in [6.45, 7) is 0. The van der Waals surface area contributed by atoms with E-state index in [1.165, 1.54) is 7.11 Å². The average molecular weight is 318 g/mol. The number of carbonyl (C=O) groups is 1. The maximum atomic E-state index is 11.7. The summed E-state index contributed by atoms with van der Waals surface area (Å²) in [6, 6.07) is 16.4. The van der Waals surface area contributed by atoms with Crippen molar-refractivity contribution in [1.29, 1.82) is 0 Å². The molecule has 2 N–H and O–H groups in total. The number of phenolic OH excluding ortho intramolecular Hbond substituents is 1. The number of imidazole rings is 1. The van der Waals surface area contributed by atoms with E-state index in [4.69, 9.17) is 4.74 Å². The first kappa shape index (κ1) is 14.3. The zero-order chi connectivity index (χ0) is 16.7. The predicted molar refractivity (Wildman–Crippen MR) is 92.0 cm³/mol. The molecular formula is C19H14N2O3. The van der Waals surface area contributed by atoms with Gasteiger partial charge in [-0.05, 0) is 35.0 Å². The lowest BCUT2D eigenvalue weighted by atomic mass is 10.0. The van der Waals surface area contributed by atoms with Gasteiger partial charge in [-0.1, -0.05) is 30.3 Å². The second kappa shape index (κ2) is 5.38. The van der Waals surface area contributed by atoms with Gasteiger partial charge in [0.15, 0.2) is 0 Å². The van der Waals surface area contributed by atoms with Crippen LogP contribution >= 0.6 is 0 Å². The molecule has 5 nitrogen and oxygen atoms in total. The summed E-state index contributed by atoms with van der Waals surface area (Å²) in [5.74, 6) is 0.309. The van der Waals surface area contributed by atoms with Gasteiger partial charge in [0.1, 0.15) is 11.6 Å². The first-order chi connectivity index (χ1) is 11.7. The highest BCUT2D eigenvalue weighted by atomic mass is 16.5. The van der Waals surface area contributed by atoms with Crippen LogP contribution in [0.3, 0.4) is 0 Å². The van der Waals surface area contributed by atoms with Crippen molar-refractivity contribution >= 4 is 27.8 Å². The van der Waals surface area contributed by atoms with Crippen molar-refractivity contribution in [1.82, 2.24) is 9.97 Å². The maximum absolute atomic E-state index is 11.7. The molecule has 0 fully saturated rings. The average Bonchev–Trinajstić information content (AvgIpc) is 3.03. The number of aromatic nitrogens is 2. The van der Waals surface area contributed by atoms with Gasteiger partial charge in [-0.2, -0.15) is 0 Å². The Morgan fingerprint density at radius 1 is 1.12 bits per heavy atom. The molecule has 0 unspecified atom stereocenters. The molecule has 0 spiro atoms. The number of fused-ring (bicyclic) bond motifs is 2. The van der Waals surface area contributed by atoms with Gasteiger partial charge in [0.2, 0.25) is 0 Å². The lowest BCUT2D eigenvalue weighted by Crippen LogP contribution is -2.00. The van der Waals surface area contributed by atoms with Gasteiger partial charge in [-0.25, -0.2) is 9.78 Å². The van der Waals surface area contributed by atoms with E-state index in [1.54, 1.807) is 24.3 Å². The van der Waals surface area contributed by atoms with Crippen LogP contribution in [0.5, 0.6) is 5.75 Å². The van der Waals surface area contributed by atoms with Gasteiger partial charge in [0.25, 0.3) is 0 Å². The number of benzene rings is 3. The highest BCUT2D eigenvalue weighted by molar-refractivity contribution is 6.00. The number of methoxy groups -OCH3 is 1. The number of carbonyl (C=O) groups excluding carboxylic acids is 1. The van der Waals surface area contributed by atoms with Gasteiger partial charge < -0.3 is 14.8 Å². The first-order valence-electron chi connectivity index (χ1n) is 7.46. The van der Waals surface area contributed by atoms with Crippen molar-refractivity contribution in [3.05, 3.63) is 60.2 Å². The first-order valence-corrected chi connectivity index (χ1v) is 7.46. The van der Waals surface area contributed by atoms with Crippen molar-refractivity contribution in [2.75, 3.05) is 7.11 Å². The largest absolute Gasteiger partial charge is 0.507 e. The summed E-state index contributed by atoms with van der Waals surface area (Å²) < 4.78 is 4.74. The molecule has 1 heterocycles. The molecule has 24 heavy (non-hydrogen) atoms. The van der Waals surface area contributed by atoms with E-state index in [-0.39, 0.29) is 5.75 Å². The molecule has 5 heteroatoms. The Kier molecular flexibility index (Phi) is 3.20. The summed E-state index contributed by atoms with van der Waals surface area (Å²) in [7, 11) is 1.35. The molecule has 0 aliphatic rings. The van der Waals surface area contributed by atoms with Gasteiger partial charge in [0.05, 0.1) is 29.3 Å². The second-order valence-electron chi connectivity index (χ2n) is 5.49. The lowest BCUT2D eigenvalue weighted by molar-refractivity contribution is 0.0601. The van der Waals surface area contributed by atoms with Gasteiger partial charge >= 0.3 is 5.97 Å². The number of ether oxygens (including phenoxy) is 1. The standard InChI is InChI=1S/C19H14N2O3/c1-24-19(23)12-6-8-14-15(10-12)21-18(20-14)17-13-5-3-2-4-11(13)7-9-16(17)22/h2-10,22H,1H3,(H,20,21). The molecule has 0 amide bonds. The summed E-state index contributed by atoms with van der Waals surface area (Å²) in [6.07, 6.45) is 0. The van der Waals surface area contributed by atoms with Crippen LogP contribution in [0.25, 0.3) is 33.2 Å². The van der Waals surface area contributed by atoms with Gasteiger partial charge in [-0.3, -0.25) is 0 Å². The molecule has 0 atom stereocenters. The summed E-state index contributed by atoms with van der Waals surface area (Å²) in [4.78, 5) is 19.4. The van der Waals surface area contributed by atoms with Crippen LogP contribution in [0, 0.1) is 0 Å². The van der Waals surface area contributed by atoms with Crippen molar-refractivity contribution in [2.24, 2.45) is 0 Å². The molecule has 0 radical (unpaired) electrons. The smallest absolute Gasteiger partial charge is 0.337 e. The summed E-state index contributed by atoms with van der Waals surface area (Å²) >= 11 is 0. The Hall–Kier alpha value is -3.34. The zero-order valence-corrected chi connectivity index (χ0v) is 12.9. The van der Waals surface area contributed by atoms with Crippen LogP contribution in [0.2, 0.25) is 0 Å². The van der Waals surface area contributed by atoms with Gasteiger partial charge in [-0.15, -0.1) is 0 Å². The number of phenols is 1. The van der Waals surface area contributed by atoms with Crippen LogP contribution in [-0.4, -0.2) is 28.2 Å². The Labute approximate surface area is 137 Å². The zero-order valence-electron chi connectivity index (χ0n) is 12.9. The molecule has 1 aromatic heterocycles. The quantitative estimate of drug-likeness (QED) is 0.550. The molecular weight excluding hydrogens is 304 g/mol. The topological polar surface area (TPSA) is 75.2 Å². The number of H-pyrrole nitrogens is 1. The molecule has 4 aromatic rings. The number of aromatic amines is 1. The fourth-order valence-electron chi connectivity index (χ4n) is 2.88. The van der Waals surface area contributed by atoms with Crippen LogP contribution in [0.4, 0.5) is 0 Å². The molecule has 0 saturated heterocycles. The van der Waals surface area contributed by atoms with Crippen LogP contribution < -0.4 is 0 Å². The molecule has 0 aliphatic heterocycles. The third-order valence-corrected chi connectivity index (χ3v) is 4.05. The van der Waals surface area contributed by atoms with Crippen LogP contribution in [0.1, 0.15) is 10.4 Å². The number of nitrogens with one attached hydrogen (secondary N) is 1. The number of esters is 1. The Bertz CT molecular complexity index is 1080. The SMILES string of the molecule is COC(=O)c1ccc2nc(-c3c(O)ccc4ccccc34)[nH]c2c1. The number of aromatic hydroxyl groups is 1. The minimum absolute atomic E-state index is 0.154. The highest BCUT2D eigenvalue weighted by Gasteiger charge is 2.14. The minimum atomic E-state index is -0.402. The Morgan fingerprint density at radius 3 is 2.79 bits per heavy atom. The van der Waals surface area contributed by atoms with Crippen LogP contribution in [-0.2, 0) is 4.74 Å². The van der Waals surface area contributed by atoms with E-state index in [0.29, 0.717) is 28.0 Å². The maximum Gasteiger partial charge on any atom is 0.337 e. The third-order valence-electron chi connectivity index (χ3n) is 4.05. The van der Waals surface area contributed by atoms with E-state index < -0.39 is 5.97 Å². The summed E-state index contributed by atoms with van der Waals surface area (Å²) in [5.41, 5.74) is 2.51. The second-order valence-corrected chi connectivity index (χ2v) is 5.49. The number of hydrogen-bond acceptors (Lipinski definition) is 4. The monoisotopic (exact) mass is 318 g/mol. The van der Waals surface area contributed by atoms with Crippen molar-refractivity contribution < 1.29 is 14.6 Å². The number of hydrogen-bond donors (Lipinski definition) is 2. The van der Waals surface area contributed by atoms with Crippen molar-refractivity contribution in [2.45, 2.75) is 0 Å². The third kappa shape index (κ3) is 2.18. The van der Waals surface area contributed by atoms with Crippen LogP contribution in [0.15, 0.2) is 54.6 Å². The molecule has 0 bridgehead atoms. The predicted octanol–water partition coefficient (Wildman–Crippen LogP) is 3.88. The Morgan fingerprint density at radius 2 is 1.96 bits per heavy atom. The lowest BCUT2D eigenvalue weighted by Gasteiger charge is -2.06. The van der Waals surface area contributed by atoms with Crippen molar-refractivity contribution in [3.8, 4) is 17.1 Å². The van der Waals surface area contributed by atoms with Gasteiger partial charge in [0, 0.05) is 0 Å². The fourth-order valence-corrected chi connectivity index (χ4v) is 2.88. The molecule has 0 saturated carbocycles. The number of nitrogens with zero attached hydrogens (tertiary/aromatic N) is 1. The Balaban J connectivity index is 1.94. The fraction of sp³-hybridized carbons (Fsp3) is 0.0526. The highest BCUT2D eigenvalue weighted by Crippen LogP contribution is 2.35. The molecule has 4 rings (SSSR count).